The first-order valence-electron chi connectivity index (χ1n) is 6.86. The van der Waals surface area contributed by atoms with Crippen LogP contribution in [0.3, 0.4) is 0 Å². The molecule has 0 aliphatic rings. The lowest BCUT2D eigenvalue weighted by atomic mass is 10.1. The van der Waals surface area contributed by atoms with Crippen molar-refractivity contribution in [1.29, 1.82) is 5.26 Å². The van der Waals surface area contributed by atoms with Crippen LogP contribution >= 0.6 is 15.9 Å². The highest BCUT2D eigenvalue weighted by molar-refractivity contribution is 9.10. The molecule has 4 heteroatoms. The van der Waals surface area contributed by atoms with Crippen LogP contribution in [0.25, 0.3) is 11.1 Å². The van der Waals surface area contributed by atoms with E-state index >= 15 is 0 Å². The maximum atomic E-state index is 8.85. The van der Waals surface area contributed by atoms with Crippen molar-refractivity contribution in [3.63, 3.8) is 0 Å². The van der Waals surface area contributed by atoms with Gasteiger partial charge in [-0.1, -0.05) is 28.1 Å². The Balaban J connectivity index is 1.84. The summed E-state index contributed by atoms with van der Waals surface area (Å²) >= 11 is 3.47. The summed E-state index contributed by atoms with van der Waals surface area (Å²) in [7, 11) is 0. The summed E-state index contributed by atoms with van der Waals surface area (Å²) in [4.78, 5) is 0. The van der Waals surface area contributed by atoms with Crippen molar-refractivity contribution in [1.82, 2.24) is 4.57 Å². The molecule has 0 saturated heterocycles. The normalized spacial score (nSPS) is 10.4. The molecule has 1 heterocycles. The van der Waals surface area contributed by atoms with Gasteiger partial charge in [0.2, 0.25) is 0 Å². The second-order valence-corrected chi connectivity index (χ2v) is 6.02. The van der Waals surface area contributed by atoms with Crippen molar-refractivity contribution in [2.45, 2.75) is 6.54 Å². The van der Waals surface area contributed by atoms with Gasteiger partial charge in [-0.05, 0) is 53.1 Å². The molecule has 0 atom stereocenters. The molecule has 1 aromatic heterocycles. The lowest BCUT2D eigenvalue weighted by molar-refractivity contribution is 0.808. The third kappa shape index (κ3) is 3.05. The van der Waals surface area contributed by atoms with Crippen molar-refractivity contribution >= 4 is 21.6 Å². The number of nitriles is 1. The van der Waals surface area contributed by atoms with Gasteiger partial charge in [0.05, 0.1) is 11.6 Å². The standard InChI is InChI=1S/C18H14BrN3/c19-17-5-6-18(21)16(9-17)12-22-8-7-15(11-22)14-3-1-13(10-20)2-4-14/h1-9,11H,12,21H2. The van der Waals surface area contributed by atoms with Gasteiger partial charge in [-0.2, -0.15) is 5.26 Å². The van der Waals surface area contributed by atoms with Gasteiger partial charge in [0, 0.05) is 29.1 Å². The van der Waals surface area contributed by atoms with Crippen LogP contribution in [0.15, 0.2) is 65.4 Å². The first-order valence-corrected chi connectivity index (χ1v) is 7.65. The number of nitrogens with zero attached hydrogens (tertiary/aromatic N) is 2. The zero-order valence-electron chi connectivity index (χ0n) is 11.8. The van der Waals surface area contributed by atoms with E-state index in [0.717, 1.165) is 33.4 Å². The molecule has 0 radical (unpaired) electrons. The molecular weight excluding hydrogens is 338 g/mol. The van der Waals surface area contributed by atoms with Crippen molar-refractivity contribution in [2.75, 3.05) is 5.73 Å². The molecule has 0 amide bonds. The van der Waals surface area contributed by atoms with Gasteiger partial charge in [-0.15, -0.1) is 0 Å². The minimum atomic E-state index is 0.671. The molecule has 2 N–H and O–H groups in total. The van der Waals surface area contributed by atoms with Gasteiger partial charge >= 0.3 is 0 Å². The van der Waals surface area contributed by atoms with E-state index in [4.69, 9.17) is 11.0 Å². The summed E-state index contributed by atoms with van der Waals surface area (Å²) in [5, 5.41) is 8.85. The average molecular weight is 352 g/mol. The Hall–Kier alpha value is -2.51. The molecule has 3 nitrogen and oxygen atoms in total. The number of hydrogen-bond acceptors (Lipinski definition) is 2. The van der Waals surface area contributed by atoms with Crippen LogP contribution in [0.4, 0.5) is 5.69 Å². The van der Waals surface area contributed by atoms with E-state index < -0.39 is 0 Å². The predicted octanol–water partition coefficient (Wildman–Crippen LogP) is 4.42. The number of halogens is 1. The van der Waals surface area contributed by atoms with Crippen LogP contribution in [0.2, 0.25) is 0 Å². The molecule has 108 valence electrons. The lowest BCUT2D eigenvalue weighted by Crippen LogP contribution is -2.00. The Kier molecular flexibility index (Phi) is 3.99. The summed E-state index contributed by atoms with van der Waals surface area (Å²) in [6.07, 6.45) is 4.12. The van der Waals surface area contributed by atoms with E-state index in [0.29, 0.717) is 5.56 Å². The van der Waals surface area contributed by atoms with Crippen molar-refractivity contribution < 1.29 is 0 Å². The molecule has 0 unspecified atom stereocenters. The second-order valence-electron chi connectivity index (χ2n) is 5.10. The van der Waals surface area contributed by atoms with E-state index in [9.17, 15) is 0 Å². The predicted molar refractivity (Wildman–Crippen MR) is 92.2 cm³/mol. The van der Waals surface area contributed by atoms with E-state index in [1.165, 1.54) is 0 Å². The van der Waals surface area contributed by atoms with Crippen LogP contribution in [0.1, 0.15) is 11.1 Å². The first kappa shape index (κ1) is 14.4. The van der Waals surface area contributed by atoms with Gasteiger partial charge < -0.3 is 10.3 Å². The lowest BCUT2D eigenvalue weighted by Gasteiger charge is -2.07. The van der Waals surface area contributed by atoms with E-state index in [2.05, 4.69) is 38.8 Å². The Labute approximate surface area is 137 Å². The van der Waals surface area contributed by atoms with Gasteiger partial charge in [-0.25, -0.2) is 0 Å². The number of aromatic nitrogens is 1. The van der Waals surface area contributed by atoms with Gasteiger partial charge in [0.1, 0.15) is 0 Å². The maximum absolute atomic E-state index is 8.85. The van der Waals surface area contributed by atoms with Crippen LogP contribution in [-0.4, -0.2) is 4.57 Å². The highest BCUT2D eigenvalue weighted by Gasteiger charge is 2.04. The van der Waals surface area contributed by atoms with Crippen LogP contribution < -0.4 is 5.73 Å². The highest BCUT2D eigenvalue weighted by atomic mass is 79.9. The summed E-state index contributed by atoms with van der Waals surface area (Å²) in [6.45, 7) is 0.724. The zero-order chi connectivity index (χ0) is 15.5. The third-order valence-corrected chi connectivity index (χ3v) is 4.05. The average Bonchev–Trinajstić information content (AvgIpc) is 2.99. The molecule has 22 heavy (non-hydrogen) atoms. The zero-order valence-corrected chi connectivity index (χ0v) is 13.4. The highest BCUT2D eigenvalue weighted by Crippen LogP contribution is 2.23. The first-order chi connectivity index (χ1) is 10.7. The van der Waals surface area contributed by atoms with Crippen molar-refractivity contribution in [3.05, 3.63) is 76.5 Å². The second kappa shape index (κ2) is 6.08. The largest absolute Gasteiger partial charge is 0.398 e. The molecule has 0 saturated carbocycles. The van der Waals surface area contributed by atoms with E-state index in [1.54, 1.807) is 0 Å². The van der Waals surface area contributed by atoms with Gasteiger partial charge in [-0.3, -0.25) is 0 Å². The molecule has 3 rings (SSSR count). The fraction of sp³-hybridized carbons (Fsp3) is 0.0556. The summed E-state index contributed by atoms with van der Waals surface area (Å²) < 4.78 is 3.13. The molecule has 3 aromatic rings. The topological polar surface area (TPSA) is 54.7 Å². The molecule has 0 spiro atoms. The minimum absolute atomic E-state index is 0.671. The monoisotopic (exact) mass is 351 g/mol. The van der Waals surface area contributed by atoms with Crippen LogP contribution in [0, 0.1) is 11.3 Å². The van der Waals surface area contributed by atoms with Gasteiger partial charge in [0.15, 0.2) is 0 Å². The van der Waals surface area contributed by atoms with Crippen molar-refractivity contribution in [3.8, 4) is 17.2 Å². The number of anilines is 1. The summed E-state index contributed by atoms with van der Waals surface area (Å²) in [6, 6.07) is 17.7. The Morgan fingerprint density at radius 2 is 1.82 bits per heavy atom. The Morgan fingerprint density at radius 3 is 2.55 bits per heavy atom. The van der Waals surface area contributed by atoms with Crippen LogP contribution in [-0.2, 0) is 6.54 Å². The smallest absolute Gasteiger partial charge is 0.0991 e. The number of hydrogen-bond donors (Lipinski definition) is 1. The molecule has 0 fully saturated rings. The number of nitrogen functional groups attached to an aromatic ring is 1. The summed E-state index contributed by atoms with van der Waals surface area (Å²) in [5.41, 5.74) is 10.8. The number of benzene rings is 2. The molecule has 0 aliphatic carbocycles. The third-order valence-electron chi connectivity index (χ3n) is 3.56. The molecule has 0 aliphatic heterocycles. The molecule has 2 aromatic carbocycles. The maximum Gasteiger partial charge on any atom is 0.0991 e. The Morgan fingerprint density at radius 1 is 1.05 bits per heavy atom. The summed E-state index contributed by atoms with van der Waals surface area (Å²) in [5.74, 6) is 0. The number of rotatable bonds is 3. The minimum Gasteiger partial charge on any atom is -0.398 e. The quantitative estimate of drug-likeness (QED) is 0.710. The Bertz CT molecular complexity index is 842. The fourth-order valence-corrected chi connectivity index (χ4v) is 2.76. The van der Waals surface area contributed by atoms with Crippen LogP contribution in [0.5, 0.6) is 0 Å². The number of nitrogens with two attached hydrogens (primary N) is 1. The van der Waals surface area contributed by atoms with E-state index in [-0.39, 0.29) is 0 Å². The fourth-order valence-electron chi connectivity index (χ4n) is 2.36. The molecule has 0 bridgehead atoms. The SMILES string of the molecule is N#Cc1ccc(-c2ccn(Cc3cc(Br)ccc3N)c2)cc1. The van der Waals surface area contributed by atoms with Gasteiger partial charge in [0.25, 0.3) is 0 Å². The molecular formula is C18H14BrN3. The van der Waals surface area contributed by atoms with Crippen molar-refractivity contribution in [2.24, 2.45) is 0 Å². The van der Waals surface area contributed by atoms with E-state index in [1.807, 2.05) is 48.7 Å².